The average molecular weight is 1100 g/mol. The van der Waals surface area contributed by atoms with Gasteiger partial charge in [-0.25, -0.2) is 0 Å². The quantitative estimate of drug-likeness (QED) is 0.0261. The molecule has 0 aliphatic carbocycles. The third-order valence-electron chi connectivity index (χ3n) is 16.1. The predicted octanol–water partition coefficient (Wildman–Crippen LogP) is 18.0. The average Bonchev–Trinajstić information content (AvgIpc) is 3.46. The van der Waals surface area contributed by atoms with Gasteiger partial charge in [-0.3, -0.25) is 4.79 Å². The lowest BCUT2D eigenvalue weighted by molar-refractivity contribution is -0.302. The first-order valence-electron chi connectivity index (χ1n) is 33.9. The van der Waals surface area contributed by atoms with Crippen molar-refractivity contribution in [3.05, 3.63) is 48.6 Å². The fraction of sp³-hybridized carbons (Fsp3) is 0.870. The van der Waals surface area contributed by atoms with Crippen molar-refractivity contribution in [2.75, 3.05) is 13.2 Å². The van der Waals surface area contributed by atoms with Gasteiger partial charge in [0.1, 0.15) is 24.4 Å². The van der Waals surface area contributed by atoms with Crippen LogP contribution in [-0.4, -0.2) is 87.5 Å². The van der Waals surface area contributed by atoms with E-state index in [1.54, 1.807) is 6.08 Å². The molecule has 0 aromatic carbocycles. The summed E-state index contributed by atoms with van der Waals surface area (Å²) in [5.74, 6) is -0.182. The Kier molecular flexibility index (Phi) is 55.5. The molecule has 0 spiro atoms. The fourth-order valence-corrected chi connectivity index (χ4v) is 10.8. The number of carbonyl (C=O) groups is 1. The van der Waals surface area contributed by atoms with Gasteiger partial charge in [0.15, 0.2) is 6.29 Å². The van der Waals surface area contributed by atoms with Crippen LogP contribution in [0.5, 0.6) is 0 Å². The highest BCUT2D eigenvalue weighted by atomic mass is 16.7. The van der Waals surface area contributed by atoms with Gasteiger partial charge in [-0.1, -0.05) is 306 Å². The van der Waals surface area contributed by atoms with Crippen LogP contribution in [0.2, 0.25) is 0 Å². The molecular formula is C69H129NO8. The molecule has 1 aliphatic rings. The van der Waals surface area contributed by atoms with Gasteiger partial charge < -0.3 is 40.3 Å². The molecule has 0 aromatic heterocycles. The number of unbranched alkanes of at least 4 members (excludes halogenated alkanes) is 43. The van der Waals surface area contributed by atoms with Crippen molar-refractivity contribution in [1.29, 1.82) is 0 Å². The highest BCUT2D eigenvalue weighted by Crippen LogP contribution is 2.23. The first-order valence-corrected chi connectivity index (χ1v) is 33.9. The zero-order valence-electron chi connectivity index (χ0n) is 51.2. The summed E-state index contributed by atoms with van der Waals surface area (Å²) in [5, 5.41) is 54.5. The molecule has 0 aromatic rings. The minimum Gasteiger partial charge on any atom is -0.394 e. The van der Waals surface area contributed by atoms with E-state index in [-0.39, 0.29) is 12.5 Å². The third kappa shape index (κ3) is 46.7. The Balaban J connectivity index is 2.01. The zero-order chi connectivity index (χ0) is 56.5. The molecule has 1 aliphatic heterocycles. The van der Waals surface area contributed by atoms with Gasteiger partial charge in [0.25, 0.3) is 0 Å². The summed E-state index contributed by atoms with van der Waals surface area (Å²) in [6.45, 7) is 3.77. The number of hydrogen-bond acceptors (Lipinski definition) is 8. The van der Waals surface area contributed by atoms with Crippen LogP contribution in [0.15, 0.2) is 48.6 Å². The summed E-state index contributed by atoms with van der Waals surface area (Å²) < 4.78 is 11.3. The molecule has 1 rings (SSSR count). The second kappa shape index (κ2) is 58.4. The molecule has 9 nitrogen and oxygen atoms in total. The molecule has 6 N–H and O–H groups in total. The first-order chi connectivity index (χ1) is 38.3. The van der Waals surface area contributed by atoms with Crippen molar-refractivity contribution in [2.24, 2.45) is 0 Å². The molecule has 0 radical (unpaired) electrons. The molecule has 7 unspecified atom stereocenters. The van der Waals surface area contributed by atoms with Crippen molar-refractivity contribution < 1.29 is 39.8 Å². The van der Waals surface area contributed by atoms with E-state index in [0.29, 0.717) is 6.42 Å². The molecule has 1 fully saturated rings. The minimum atomic E-state index is -1.57. The monoisotopic (exact) mass is 1100 g/mol. The molecule has 1 amide bonds. The number of aliphatic hydroxyl groups excluding tert-OH is 5. The summed E-state index contributed by atoms with van der Waals surface area (Å²) in [5.41, 5.74) is 0. The molecule has 9 heteroatoms. The molecular weight excluding hydrogens is 971 g/mol. The molecule has 1 heterocycles. The van der Waals surface area contributed by atoms with Gasteiger partial charge in [0.2, 0.25) is 5.91 Å². The molecule has 7 atom stereocenters. The minimum absolute atomic E-state index is 0.182. The molecule has 0 saturated carbocycles. The van der Waals surface area contributed by atoms with Crippen LogP contribution in [0.25, 0.3) is 0 Å². The highest BCUT2D eigenvalue weighted by Gasteiger charge is 2.44. The Morgan fingerprint density at radius 2 is 0.769 bits per heavy atom. The zero-order valence-corrected chi connectivity index (χ0v) is 51.2. The van der Waals surface area contributed by atoms with Crippen LogP contribution in [-0.2, 0) is 14.3 Å². The SMILES string of the molecule is CCCCCCC/C=C\C/C=C\CCCCCCCCCCCCCCCCCCCCCCCCCCCCCCCC(=O)NC(COC1OC(CO)C(O)C(O)C1O)C(O)/C=C/CC/C=C/CCCCCCCCCC. The van der Waals surface area contributed by atoms with Gasteiger partial charge >= 0.3 is 0 Å². The van der Waals surface area contributed by atoms with E-state index >= 15 is 0 Å². The number of hydrogen-bond donors (Lipinski definition) is 6. The van der Waals surface area contributed by atoms with Gasteiger partial charge in [-0.05, 0) is 64.2 Å². The van der Waals surface area contributed by atoms with Crippen molar-refractivity contribution in [3.8, 4) is 0 Å². The highest BCUT2D eigenvalue weighted by molar-refractivity contribution is 5.76. The van der Waals surface area contributed by atoms with Crippen molar-refractivity contribution in [3.63, 3.8) is 0 Å². The van der Waals surface area contributed by atoms with E-state index in [1.807, 2.05) is 6.08 Å². The second-order valence-electron chi connectivity index (χ2n) is 23.6. The number of ether oxygens (including phenoxy) is 2. The lowest BCUT2D eigenvalue weighted by Gasteiger charge is -2.40. The molecule has 458 valence electrons. The van der Waals surface area contributed by atoms with E-state index in [0.717, 1.165) is 44.9 Å². The number of allylic oxidation sites excluding steroid dienone is 7. The van der Waals surface area contributed by atoms with Crippen LogP contribution in [0.3, 0.4) is 0 Å². The van der Waals surface area contributed by atoms with Crippen LogP contribution < -0.4 is 5.32 Å². The smallest absolute Gasteiger partial charge is 0.220 e. The largest absolute Gasteiger partial charge is 0.394 e. The Hall–Kier alpha value is -1.85. The van der Waals surface area contributed by atoms with Crippen LogP contribution >= 0.6 is 0 Å². The van der Waals surface area contributed by atoms with E-state index in [1.165, 1.54) is 263 Å². The van der Waals surface area contributed by atoms with Crippen molar-refractivity contribution in [2.45, 2.75) is 371 Å². The summed E-state index contributed by atoms with van der Waals surface area (Å²) in [6.07, 6.45) is 72.4. The summed E-state index contributed by atoms with van der Waals surface area (Å²) in [4.78, 5) is 13.1. The Labute approximate surface area is 482 Å². The lowest BCUT2D eigenvalue weighted by atomic mass is 9.99. The van der Waals surface area contributed by atoms with E-state index < -0.39 is 49.5 Å². The maximum atomic E-state index is 13.1. The van der Waals surface area contributed by atoms with Gasteiger partial charge in [-0.15, -0.1) is 0 Å². The number of carbonyl (C=O) groups excluding carboxylic acids is 1. The maximum absolute atomic E-state index is 13.1. The van der Waals surface area contributed by atoms with Crippen molar-refractivity contribution in [1.82, 2.24) is 5.32 Å². The molecule has 78 heavy (non-hydrogen) atoms. The van der Waals surface area contributed by atoms with Crippen molar-refractivity contribution >= 4 is 5.91 Å². The molecule has 1 saturated heterocycles. The number of aliphatic hydroxyl groups is 5. The van der Waals surface area contributed by atoms with E-state index in [4.69, 9.17) is 9.47 Å². The predicted molar refractivity (Wildman–Crippen MR) is 332 cm³/mol. The fourth-order valence-electron chi connectivity index (χ4n) is 10.8. The first kappa shape index (κ1) is 74.2. The topological polar surface area (TPSA) is 149 Å². The Morgan fingerprint density at radius 3 is 1.15 bits per heavy atom. The van der Waals surface area contributed by atoms with Gasteiger partial charge in [-0.2, -0.15) is 0 Å². The molecule has 0 bridgehead atoms. The Bertz CT molecular complexity index is 1370. The van der Waals surface area contributed by atoms with Gasteiger partial charge in [0, 0.05) is 6.42 Å². The summed E-state index contributed by atoms with van der Waals surface area (Å²) in [6, 6.07) is -0.820. The van der Waals surface area contributed by atoms with Crippen LogP contribution in [0.1, 0.15) is 328 Å². The van der Waals surface area contributed by atoms with Crippen LogP contribution in [0.4, 0.5) is 0 Å². The number of rotatable bonds is 59. The standard InChI is InChI=1S/C69H129NO8/c1-3-5-7-9-11-13-15-17-19-20-21-22-23-24-25-26-27-28-29-30-31-32-33-34-35-36-37-38-39-40-41-42-43-44-45-47-49-51-53-55-57-59-65(73)70-62(61-77-69-68(76)67(75)66(74)64(60-71)78-69)63(72)58-56-54-52-50-48-46-18-16-14-12-10-8-6-4-2/h15,17,20-21,48,50,56,58,62-64,66-69,71-72,74-76H,3-14,16,18-19,22-47,49,51-55,57,59-61H2,1-2H3,(H,70,73)/b17-15-,21-20-,50-48+,58-56+. The van der Waals surface area contributed by atoms with E-state index in [2.05, 4.69) is 55.6 Å². The van der Waals surface area contributed by atoms with Gasteiger partial charge in [0.05, 0.1) is 25.4 Å². The second-order valence-corrected chi connectivity index (χ2v) is 23.6. The third-order valence-corrected chi connectivity index (χ3v) is 16.1. The normalized spacial score (nSPS) is 18.9. The van der Waals surface area contributed by atoms with Crippen LogP contribution in [0, 0.1) is 0 Å². The Morgan fingerprint density at radius 1 is 0.436 bits per heavy atom. The maximum Gasteiger partial charge on any atom is 0.220 e. The lowest BCUT2D eigenvalue weighted by Crippen LogP contribution is -2.60. The van der Waals surface area contributed by atoms with E-state index in [9.17, 15) is 30.3 Å². The summed E-state index contributed by atoms with van der Waals surface area (Å²) >= 11 is 0. The summed E-state index contributed by atoms with van der Waals surface area (Å²) in [7, 11) is 0. The number of nitrogens with one attached hydrogen (secondary N) is 1. The number of amides is 1.